The third-order valence-corrected chi connectivity index (χ3v) is 4.77. The number of carbonyl (C=O) groups excluding carboxylic acids is 2. The number of nitrogens with one attached hydrogen (secondary N) is 2. The highest BCUT2D eigenvalue weighted by atomic mass is 16.2. The maximum absolute atomic E-state index is 12.7. The zero-order valence-electron chi connectivity index (χ0n) is 14.7. The molecule has 0 radical (unpaired) electrons. The molecule has 25 heavy (non-hydrogen) atoms. The van der Waals surface area contributed by atoms with Gasteiger partial charge in [-0.05, 0) is 38.8 Å². The molecule has 0 aliphatic carbocycles. The zero-order valence-corrected chi connectivity index (χ0v) is 14.7. The van der Waals surface area contributed by atoms with Gasteiger partial charge < -0.3 is 10.2 Å². The Morgan fingerprint density at radius 3 is 2.72 bits per heavy atom. The van der Waals surface area contributed by atoms with E-state index in [-0.39, 0.29) is 17.7 Å². The van der Waals surface area contributed by atoms with E-state index in [9.17, 15) is 9.59 Å². The summed E-state index contributed by atoms with van der Waals surface area (Å²) >= 11 is 0. The SMILES string of the molecule is Cc1ccc(C(=O)N2CCCC(C(=O)NCc3cn[nH]c3C)C2)cc1. The Morgan fingerprint density at radius 1 is 1.28 bits per heavy atom. The van der Waals surface area contributed by atoms with Gasteiger partial charge in [0.2, 0.25) is 5.91 Å². The van der Waals surface area contributed by atoms with Crippen molar-refractivity contribution >= 4 is 11.8 Å². The Hall–Kier alpha value is -2.63. The van der Waals surface area contributed by atoms with Crippen LogP contribution < -0.4 is 5.32 Å². The predicted molar refractivity (Wildman–Crippen MR) is 95.0 cm³/mol. The molecule has 0 spiro atoms. The quantitative estimate of drug-likeness (QED) is 0.895. The second kappa shape index (κ2) is 7.51. The lowest BCUT2D eigenvalue weighted by molar-refractivity contribution is -0.126. The van der Waals surface area contributed by atoms with Crippen LogP contribution in [-0.4, -0.2) is 40.0 Å². The lowest BCUT2D eigenvalue weighted by atomic mass is 9.96. The maximum Gasteiger partial charge on any atom is 0.253 e. The highest BCUT2D eigenvalue weighted by Gasteiger charge is 2.28. The molecule has 1 aromatic carbocycles. The summed E-state index contributed by atoms with van der Waals surface area (Å²) < 4.78 is 0. The number of hydrogen-bond donors (Lipinski definition) is 2. The van der Waals surface area contributed by atoms with Crippen LogP contribution in [0.15, 0.2) is 30.5 Å². The highest BCUT2D eigenvalue weighted by molar-refractivity contribution is 5.94. The second-order valence-electron chi connectivity index (χ2n) is 6.69. The van der Waals surface area contributed by atoms with Gasteiger partial charge in [0.15, 0.2) is 0 Å². The fraction of sp³-hybridized carbons (Fsp3) is 0.421. The number of H-pyrrole nitrogens is 1. The van der Waals surface area contributed by atoms with Crippen molar-refractivity contribution in [2.75, 3.05) is 13.1 Å². The topological polar surface area (TPSA) is 78.1 Å². The van der Waals surface area contributed by atoms with E-state index in [1.807, 2.05) is 38.1 Å². The van der Waals surface area contributed by atoms with Gasteiger partial charge in [0.25, 0.3) is 5.91 Å². The fourth-order valence-corrected chi connectivity index (χ4v) is 3.13. The number of hydrogen-bond acceptors (Lipinski definition) is 3. The van der Waals surface area contributed by atoms with Crippen LogP contribution >= 0.6 is 0 Å². The van der Waals surface area contributed by atoms with Gasteiger partial charge in [-0.2, -0.15) is 5.10 Å². The molecule has 6 heteroatoms. The third kappa shape index (κ3) is 4.07. The highest BCUT2D eigenvalue weighted by Crippen LogP contribution is 2.19. The van der Waals surface area contributed by atoms with Crippen LogP contribution in [-0.2, 0) is 11.3 Å². The summed E-state index contributed by atoms with van der Waals surface area (Å²) in [5.74, 6) is -0.152. The van der Waals surface area contributed by atoms with Crippen LogP contribution in [0.2, 0.25) is 0 Å². The first-order valence-electron chi connectivity index (χ1n) is 8.67. The van der Waals surface area contributed by atoms with Gasteiger partial charge in [0, 0.05) is 36.5 Å². The van der Waals surface area contributed by atoms with Crippen molar-refractivity contribution in [3.8, 4) is 0 Å². The van der Waals surface area contributed by atoms with Crippen molar-refractivity contribution in [3.63, 3.8) is 0 Å². The van der Waals surface area contributed by atoms with Gasteiger partial charge in [0.1, 0.15) is 0 Å². The molecule has 1 aliphatic rings. The molecular weight excluding hydrogens is 316 g/mol. The monoisotopic (exact) mass is 340 g/mol. The Labute approximate surface area is 147 Å². The number of carbonyl (C=O) groups is 2. The van der Waals surface area contributed by atoms with Crippen LogP contribution in [0.1, 0.15) is 40.0 Å². The number of aromatic nitrogens is 2. The minimum Gasteiger partial charge on any atom is -0.352 e. The summed E-state index contributed by atoms with van der Waals surface area (Å²) in [4.78, 5) is 26.9. The van der Waals surface area contributed by atoms with Crippen LogP contribution in [0.4, 0.5) is 0 Å². The van der Waals surface area contributed by atoms with Crippen molar-refractivity contribution in [1.82, 2.24) is 20.4 Å². The normalized spacial score (nSPS) is 17.4. The van der Waals surface area contributed by atoms with E-state index < -0.39 is 0 Å². The lowest BCUT2D eigenvalue weighted by Crippen LogP contribution is -2.45. The first-order chi connectivity index (χ1) is 12.0. The average molecular weight is 340 g/mol. The van der Waals surface area contributed by atoms with Crippen LogP contribution in [0.25, 0.3) is 0 Å². The summed E-state index contributed by atoms with van der Waals surface area (Å²) in [6.07, 6.45) is 3.39. The Morgan fingerprint density at radius 2 is 2.04 bits per heavy atom. The molecule has 3 rings (SSSR count). The van der Waals surface area contributed by atoms with Crippen LogP contribution in [0, 0.1) is 19.8 Å². The fourth-order valence-electron chi connectivity index (χ4n) is 3.13. The molecule has 1 fully saturated rings. The Bertz CT molecular complexity index is 751. The molecule has 2 heterocycles. The molecule has 0 bridgehead atoms. The molecule has 6 nitrogen and oxygen atoms in total. The minimum atomic E-state index is -0.157. The number of benzene rings is 1. The summed E-state index contributed by atoms with van der Waals surface area (Å²) in [5, 5.41) is 9.79. The summed E-state index contributed by atoms with van der Waals surface area (Å²) in [7, 11) is 0. The van der Waals surface area contributed by atoms with Gasteiger partial charge in [-0.25, -0.2) is 0 Å². The molecular formula is C19H24N4O2. The molecule has 2 amide bonds. The number of piperidine rings is 1. The lowest BCUT2D eigenvalue weighted by Gasteiger charge is -2.32. The summed E-state index contributed by atoms with van der Waals surface area (Å²) in [6, 6.07) is 7.58. The number of amides is 2. The van der Waals surface area contributed by atoms with E-state index in [0.717, 1.165) is 29.7 Å². The van der Waals surface area contributed by atoms with Crippen molar-refractivity contribution in [1.29, 1.82) is 0 Å². The van der Waals surface area contributed by atoms with Gasteiger partial charge in [-0.1, -0.05) is 17.7 Å². The van der Waals surface area contributed by atoms with Crippen molar-refractivity contribution in [2.45, 2.75) is 33.2 Å². The van der Waals surface area contributed by atoms with E-state index in [4.69, 9.17) is 0 Å². The molecule has 1 aliphatic heterocycles. The molecule has 0 saturated carbocycles. The predicted octanol–water partition coefficient (Wildman–Crippen LogP) is 2.20. The number of rotatable bonds is 4. The largest absolute Gasteiger partial charge is 0.352 e. The van der Waals surface area contributed by atoms with Crippen molar-refractivity contribution < 1.29 is 9.59 Å². The average Bonchev–Trinajstić information content (AvgIpc) is 3.05. The molecule has 1 unspecified atom stereocenters. The van der Waals surface area contributed by atoms with Crippen molar-refractivity contribution in [3.05, 3.63) is 52.8 Å². The van der Waals surface area contributed by atoms with Crippen molar-refractivity contribution in [2.24, 2.45) is 5.92 Å². The number of aromatic amines is 1. The smallest absolute Gasteiger partial charge is 0.253 e. The van der Waals surface area contributed by atoms with Gasteiger partial charge in [-0.15, -0.1) is 0 Å². The standard InChI is InChI=1S/C19H24N4O2/c1-13-5-7-15(8-6-13)19(25)23-9-3-4-16(12-23)18(24)20-10-17-11-21-22-14(17)2/h5-8,11,16H,3-4,9-10,12H2,1-2H3,(H,20,24)(H,21,22). The minimum absolute atomic E-state index is 0.00186. The van der Waals surface area contributed by atoms with Gasteiger partial charge >= 0.3 is 0 Å². The zero-order chi connectivity index (χ0) is 17.8. The third-order valence-electron chi connectivity index (χ3n) is 4.77. The first-order valence-corrected chi connectivity index (χ1v) is 8.67. The molecule has 2 N–H and O–H groups in total. The maximum atomic E-state index is 12.7. The molecule has 1 aromatic heterocycles. The van der Waals surface area contributed by atoms with E-state index in [0.29, 0.717) is 25.2 Å². The Kier molecular flexibility index (Phi) is 5.16. The van der Waals surface area contributed by atoms with Gasteiger partial charge in [0.05, 0.1) is 12.1 Å². The van der Waals surface area contributed by atoms with E-state index >= 15 is 0 Å². The first kappa shape index (κ1) is 17.2. The molecule has 2 aromatic rings. The van der Waals surface area contributed by atoms with Gasteiger partial charge in [-0.3, -0.25) is 14.7 Å². The summed E-state index contributed by atoms with van der Waals surface area (Å²) in [6.45, 7) is 5.57. The number of likely N-dealkylation sites (tertiary alicyclic amines) is 1. The van der Waals surface area contributed by atoms with Crippen LogP contribution in [0.3, 0.4) is 0 Å². The van der Waals surface area contributed by atoms with Crippen LogP contribution in [0.5, 0.6) is 0 Å². The summed E-state index contributed by atoms with van der Waals surface area (Å²) in [5.41, 5.74) is 3.75. The molecule has 1 atom stereocenters. The Balaban J connectivity index is 1.58. The second-order valence-corrected chi connectivity index (χ2v) is 6.69. The van der Waals surface area contributed by atoms with E-state index in [1.165, 1.54) is 0 Å². The van der Waals surface area contributed by atoms with E-state index in [2.05, 4.69) is 15.5 Å². The molecule has 132 valence electrons. The molecule has 1 saturated heterocycles. The van der Waals surface area contributed by atoms with E-state index in [1.54, 1.807) is 11.1 Å². The number of nitrogens with zero attached hydrogens (tertiary/aromatic N) is 2. The number of aryl methyl sites for hydroxylation is 2.